The van der Waals surface area contributed by atoms with Gasteiger partial charge >= 0.3 is 0 Å². The van der Waals surface area contributed by atoms with Gasteiger partial charge in [-0.3, -0.25) is 4.79 Å². The van der Waals surface area contributed by atoms with Crippen molar-refractivity contribution in [3.05, 3.63) is 89.2 Å². The SMILES string of the molecule is Cc1ccn(-c2ccc(Oc3ccc(NC(=O)CCc4cccc(Cl)c4)cc3)nn2)n1. The molecule has 0 bridgehead atoms. The number of carbonyl (C=O) groups is 1. The summed E-state index contributed by atoms with van der Waals surface area (Å²) in [4.78, 5) is 12.2. The number of amides is 1. The maximum absolute atomic E-state index is 12.2. The molecule has 4 aromatic rings. The van der Waals surface area contributed by atoms with E-state index in [2.05, 4.69) is 20.6 Å². The van der Waals surface area contributed by atoms with E-state index < -0.39 is 0 Å². The number of nitrogens with one attached hydrogen (secondary N) is 1. The van der Waals surface area contributed by atoms with Crippen LogP contribution in [0.3, 0.4) is 0 Å². The molecule has 0 saturated heterocycles. The Morgan fingerprint density at radius 3 is 2.58 bits per heavy atom. The van der Waals surface area contributed by atoms with Crippen LogP contribution in [0.15, 0.2) is 72.9 Å². The van der Waals surface area contributed by atoms with Crippen LogP contribution in [0.5, 0.6) is 11.6 Å². The van der Waals surface area contributed by atoms with Gasteiger partial charge in [-0.2, -0.15) is 5.10 Å². The lowest BCUT2D eigenvalue weighted by molar-refractivity contribution is -0.116. The maximum Gasteiger partial charge on any atom is 0.238 e. The van der Waals surface area contributed by atoms with Gasteiger partial charge in [-0.05, 0) is 67.4 Å². The Morgan fingerprint density at radius 2 is 1.90 bits per heavy atom. The number of benzene rings is 2. The Morgan fingerprint density at radius 1 is 1.06 bits per heavy atom. The second kappa shape index (κ2) is 9.40. The summed E-state index contributed by atoms with van der Waals surface area (Å²) in [5, 5.41) is 16.0. The smallest absolute Gasteiger partial charge is 0.238 e. The lowest BCUT2D eigenvalue weighted by Gasteiger charge is -2.08. The molecule has 2 aromatic heterocycles. The zero-order valence-electron chi connectivity index (χ0n) is 16.8. The quantitative estimate of drug-likeness (QED) is 0.444. The fraction of sp³-hybridized carbons (Fsp3) is 0.130. The number of hydrogen-bond acceptors (Lipinski definition) is 5. The molecule has 0 radical (unpaired) electrons. The highest BCUT2D eigenvalue weighted by atomic mass is 35.5. The Hall–Kier alpha value is -3.71. The van der Waals surface area contributed by atoms with Gasteiger partial charge in [-0.1, -0.05) is 23.7 Å². The third-order valence-corrected chi connectivity index (χ3v) is 4.71. The summed E-state index contributed by atoms with van der Waals surface area (Å²) in [5.74, 6) is 1.50. The van der Waals surface area contributed by atoms with Gasteiger partial charge in [0.2, 0.25) is 11.8 Å². The first-order chi connectivity index (χ1) is 15.0. The molecule has 31 heavy (non-hydrogen) atoms. The first-order valence-electron chi connectivity index (χ1n) is 9.74. The minimum Gasteiger partial charge on any atom is -0.438 e. The van der Waals surface area contributed by atoms with Crippen molar-refractivity contribution in [2.24, 2.45) is 0 Å². The normalized spacial score (nSPS) is 10.6. The molecule has 0 spiro atoms. The van der Waals surface area contributed by atoms with E-state index in [0.717, 1.165) is 11.3 Å². The van der Waals surface area contributed by atoms with E-state index in [-0.39, 0.29) is 5.91 Å². The van der Waals surface area contributed by atoms with Gasteiger partial charge in [0.1, 0.15) is 5.75 Å². The summed E-state index contributed by atoms with van der Waals surface area (Å²) < 4.78 is 7.37. The average molecular weight is 434 g/mol. The number of halogens is 1. The number of carbonyl (C=O) groups excluding carboxylic acids is 1. The monoisotopic (exact) mass is 433 g/mol. The van der Waals surface area contributed by atoms with Crippen LogP contribution >= 0.6 is 11.6 Å². The molecular weight excluding hydrogens is 414 g/mol. The maximum atomic E-state index is 12.2. The molecule has 2 aromatic carbocycles. The van der Waals surface area contributed by atoms with Crippen LogP contribution in [0.1, 0.15) is 17.7 Å². The summed E-state index contributed by atoms with van der Waals surface area (Å²) in [6.45, 7) is 1.91. The van der Waals surface area contributed by atoms with Gasteiger partial charge < -0.3 is 10.1 Å². The van der Waals surface area contributed by atoms with E-state index in [1.54, 1.807) is 41.1 Å². The standard InChI is InChI=1S/C23H20ClN5O2/c1-16-13-14-29(28-16)21-10-12-23(27-26-21)31-20-8-6-19(7-9-20)25-22(30)11-5-17-3-2-4-18(24)15-17/h2-4,6-10,12-15H,5,11H2,1H3,(H,25,30). The minimum absolute atomic E-state index is 0.0658. The Kier molecular flexibility index (Phi) is 6.24. The molecule has 0 aliphatic carbocycles. The summed E-state index contributed by atoms with van der Waals surface area (Å²) in [7, 11) is 0. The van der Waals surface area contributed by atoms with E-state index in [1.165, 1.54) is 0 Å². The molecule has 0 aliphatic rings. The highest BCUT2D eigenvalue weighted by Crippen LogP contribution is 2.22. The molecule has 0 atom stereocenters. The molecule has 8 heteroatoms. The van der Waals surface area contributed by atoms with Gasteiger partial charge in [-0.25, -0.2) is 4.68 Å². The Labute approximate surface area is 184 Å². The van der Waals surface area contributed by atoms with Crippen LogP contribution in [0, 0.1) is 6.92 Å². The predicted molar refractivity (Wildman–Crippen MR) is 119 cm³/mol. The van der Waals surface area contributed by atoms with Gasteiger partial charge in [0.15, 0.2) is 5.82 Å². The van der Waals surface area contributed by atoms with Gasteiger partial charge in [0.05, 0.1) is 5.69 Å². The largest absolute Gasteiger partial charge is 0.438 e. The molecule has 1 N–H and O–H groups in total. The Bertz CT molecular complexity index is 1170. The molecule has 0 unspecified atom stereocenters. The fourth-order valence-electron chi connectivity index (χ4n) is 2.93. The Balaban J connectivity index is 1.30. The number of rotatable bonds is 7. The van der Waals surface area contributed by atoms with Gasteiger partial charge in [-0.15, -0.1) is 10.2 Å². The van der Waals surface area contributed by atoms with Crippen molar-refractivity contribution >= 4 is 23.2 Å². The van der Waals surface area contributed by atoms with Crippen LogP contribution in [0.25, 0.3) is 5.82 Å². The van der Waals surface area contributed by atoms with E-state index in [9.17, 15) is 4.79 Å². The molecule has 0 aliphatic heterocycles. The number of aromatic nitrogens is 4. The summed E-state index contributed by atoms with van der Waals surface area (Å²) in [6, 6.07) is 20.0. The first-order valence-corrected chi connectivity index (χ1v) is 10.1. The van der Waals surface area contributed by atoms with Gasteiger partial charge in [0, 0.05) is 29.4 Å². The minimum atomic E-state index is -0.0658. The van der Waals surface area contributed by atoms with Crippen LogP contribution in [-0.2, 0) is 11.2 Å². The molecule has 0 fully saturated rings. The second-order valence-corrected chi connectivity index (χ2v) is 7.37. The van der Waals surface area contributed by atoms with E-state index in [0.29, 0.717) is 41.0 Å². The number of hydrogen-bond donors (Lipinski definition) is 1. The third-order valence-electron chi connectivity index (χ3n) is 4.47. The van der Waals surface area contributed by atoms with Crippen molar-refractivity contribution in [3.8, 4) is 17.4 Å². The zero-order chi connectivity index (χ0) is 21.6. The van der Waals surface area contributed by atoms with Crippen LogP contribution in [0.4, 0.5) is 5.69 Å². The van der Waals surface area contributed by atoms with E-state index >= 15 is 0 Å². The summed E-state index contributed by atoms with van der Waals surface area (Å²) in [5.41, 5.74) is 2.62. The van der Waals surface area contributed by atoms with Crippen molar-refractivity contribution in [1.82, 2.24) is 20.0 Å². The summed E-state index contributed by atoms with van der Waals surface area (Å²) in [6.07, 6.45) is 2.82. The second-order valence-electron chi connectivity index (χ2n) is 6.94. The molecule has 1 amide bonds. The third kappa shape index (κ3) is 5.67. The van der Waals surface area contributed by atoms with Crippen molar-refractivity contribution < 1.29 is 9.53 Å². The van der Waals surface area contributed by atoms with Crippen molar-refractivity contribution in [1.29, 1.82) is 0 Å². The summed E-state index contributed by atoms with van der Waals surface area (Å²) >= 11 is 5.97. The fourth-order valence-corrected chi connectivity index (χ4v) is 3.15. The van der Waals surface area contributed by atoms with E-state index in [1.807, 2.05) is 43.5 Å². The van der Waals surface area contributed by atoms with Crippen LogP contribution in [-0.4, -0.2) is 25.9 Å². The van der Waals surface area contributed by atoms with Crippen LogP contribution in [0.2, 0.25) is 5.02 Å². The first kappa shape index (κ1) is 20.6. The highest BCUT2D eigenvalue weighted by Gasteiger charge is 2.06. The van der Waals surface area contributed by atoms with Gasteiger partial charge in [0.25, 0.3) is 0 Å². The zero-order valence-corrected chi connectivity index (χ0v) is 17.6. The number of aryl methyl sites for hydroxylation is 2. The molecule has 156 valence electrons. The number of nitrogens with zero attached hydrogens (tertiary/aromatic N) is 4. The highest BCUT2D eigenvalue weighted by molar-refractivity contribution is 6.30. The lowest BCUT2D eigenvalue weighted by atomic mass is 10.1. The van der Waals surface area contributed by atoms with Crippen molar-refractivity contribution in [2.45, 2.75) is 19.8 Å². The predicted octanol–water partition coefficient (Wildman–Crippen LogP) is 4.99. The average Bonchev–Trinajstić information content (AvgIpc) is 3.21. The van der Waals surface area contributed by atoms with Crippen molar-refractivity contribution in [3.63, 3.8) is 0 Å². The lowest BCUT2D eigenvalue weighted by Crippen LogP contribution is -2.12. The van der Waals surface area contributed by atoms with Crippen LogP contribution < -0.4 is 10.1 Å². The topological polar surface area (TPSA) is 81.9 Å². The van der Waals surface area contributed by atoms with E-state index in [4.69, 9.17) is 16.3 Å². The molecule has 0 saturated carbocycles. The molecule has 4 rings (SSSR count). The molecule has 2 heterocycles. The number of ether oxygens (including phenoxy) is 1. The number of anilines is 1. The van der Waals surface area contributed by atoms with Crippen molar-refractivity contribution in [2.75, 3.05) is 5.32 Å². The molecular formula is C23H20ClN5O2. The molecule has 7 nitrogen and oxygen atoms in total.